The van der Waals surface area contributed by atoms with Crippen LogP contribution in [0.3, 0.4) is 0 Å². The lowest BCUT2D eigenvalue weighted by Gasteiger charge is -2.24. The summed E-state index contributed by atoms with van der Waals surface area (Å²) in [7, 11) is 0. The highest BCUT2D eigenvalue weighted by molar-refractivity contribution is 7.80. The fourth-order valence-electron chi connectivity index (χ4n) is 1.98. The van der Waals surface area contributed by atoms with Crippen LogP contribution in [0.5, 0.6) is 0 Å². The zero-order valence-electron chi connectivity index (χ0n) is 8.67. The van der Waals surface area contributed by atoms with Crippen LogP contribution in [0, 0.1) is 0 Å². The highest BCUT2D eigenvalue weighted by atomic mass is 32.1. The van der Waals surface area contributed by atoms with E-state index in [1.54, 1.807) is 0 Å². The molecule has 1 heterocycles. The van der Waals surface area contributed by atoms with Gasteiger partial charge in [-0.25, -0.2) is 0 Å². The molecule has 0 atom stereocenters. The first-order valence-electron chi connectivity index (χ1n) is 5.76. The summed E-state index contributed by atoms with van der Waals surface area (Å²) >= 11 is 4.24. The molecule has 0 saturated carbocycles. The SMILES string of the molecule is SCCCCN1CCCCCCC1. The van der Waals surface area contributed by atoms with Gasteiger partial charge in [-0.3, -0.25) is 0 Å². The first kappa shape index (κ1) is 11.4. The molecule has 0 spiro atoms. The maximum atomic E-state index is 4.24. The second-order valence-corrected chi connectivity index (χ2v) is 4.49. The Bertz CT molecular complexity index is 109. The van der Waals surface area contributed by atoms with Crippen molar-refractivity contribution in [1.29, 1.82) is 0 Å². The second kappa shape index (κ2) is 7.69. The summed E-state index contributed by atoms with van der Waals surface area (Å²) < 4.78 is 0. The van der Waals surface area contributed by atoms with Gasteiger partial charge in [-0.2, -0.15) is 12.6 Å². The van der Waals surface area contributed by atoms with Crippen molar-refractivity contribution in [3.05, 3.63) is 0 Å². The predicted molar refractivity (Wildman–Crippen MR) is 62.6 cm³/mol. The molecule has 0 aromatic rings. The lowest BCUT2D eigenvalue weighted by molar-refractivity contribution is 0.244. The minimum absolute atomic E-state index is 1.05. The van der Waals surface area contributed by atoms with Gasteiger partial charge >= 0.3 is 0 Å². The van der Waals surface area contributed by atoms with Crippen molar-refractivity contribution in [3.63, 3.8) is 0 Å². The second-order valence-electron chi connectivity index (χ2n) is 4.04. The Balaban J connectivity index is 2.06. The van der Waals surface area contributed by atoms with Crippen molar-refractivity contribution in [3.8, 4) is 0 Å². The quantitative estimate of drug-likeness (QED) is 0.540. The summed E-state index contributed by atoms with van der Waals surface area (Å²) in [4.78, 5) is 2.64. The molecule has 1 fully saturated rings. The lowest BCUT2D eigenvalue weighted by Crippen LogP contribution is -2.28. The molecule has 1 nitrogen and oxygen atoms in total. The van der Waals surface area contributed by atoms with Crippen LogP contribution in [0.1, 0.15) is 44.9 Å². The van der Waals surface area contributed by atoms with Crippen molar-refractivity contribution < 1.29 is 0 Å². The predicted octanol–water partition coefficient (Wildman–Crippen LogP) is 2.96. The van der Waals surface area contributed by atoms with E-state index in [-0.39, 0.29) is 0 Å². The fourth-order valence-corrected chi connectivity index (χ4v) is 2.21. The van der Waals surface area contributed by atoms with Crippen LogP contribution in [0.25, 0.3) is 0 Å². The summed E-state index contributed by atoms with van der Waals surface area (Å²) in [5.74, 6) is 1.05. The normalized spacial score (nSPS) is 21.0. The highest BCUT2D eigenvalue weighted by Crippen LogP contribution is 2.10. The van der Waals surface area contributed by atoms with E-state index in [0.29, 0.717) is 0 Å². The van der Waals surface area contributed by atoms with Crippen molar-refractivity contribution in [2.24, 2.45) is 0 Å². The third kappa shape index (κ3) is 5.58. The van der Waals surface area contributed by atoms with Gasteiger partial charge in [0.1, 0.15) is 0 Å². The third-order valence-electron chi connectivity index (χ3n) is 2.83. The van der Waals surface area contributed by atoms with Gasteiger partial charge in [0.05, 0.1) is 0 Å². The van der Waals surface area contributed by atoms with E-state index < -0.39 is 0 Å². The molecule has 0 N–H and O–H groups in total. The Kier molecular flexibility index (Phi) is 6.73. The molecule has 1 saturated heterocycles. The minimum Gasteiger partial charge on any atom is -0.303 e. The van der Waals surface area contributed by atoms with Crippen molar-refractivity contribution in [2.45, 2.75) is 44.9 Å². The molecule has 13 heavy (non-hydrogen) atoms. The van der Waals surface area contributed by atoms with Gasteiger partial charge in [-0.05, 0) is 51.1 Å². The molecule has 0 bridgehead atoms. The molecule has 1 rings (SSSR count). The Morgan fingerprint density at radius 1 is 0.846 bits per heavy atom. The van der Waals surface area contributed by atoms with E-state index in [4.69, 9.17) is 0 Å². The first-order chi connectivity index (χ1) is 6.43. The maximum absolute atomic E-state index is 4.24. The average molecular weight is 201 g/mol. The van der Waals surface area contributed by atoms with Gasteiger partial charge in [0.15, 0.2) is 0 Å². The summed E-state index contributed by atoms with van der Waals surface area (Å²) in [6.07, 6.45) is 9.81. The number of unbranched alkanes of at least 4 members (excludes halogenated alkanes) is 1. The van der Waals surface area contributed by atoms with E-state index in [1.807, 2.05) is 0 Å². The standard InChI is InChI=1S/C11H23NS/c13-11-7-6-10-12-8-4-2-1-3-5-9-12/h13H,1-11H2. The molecule has 0 aromatic carbocycles. The van der Waals surface area contributed by atoms with E-state index in [9.17, 15) is 0 Å². The number of likely N-dealkylation sites (tertiary alicyclic amines) is 1. The number of nitrogens with zero attached hydrogens (tertiary/aromatic N) is 1. The molecule has 0 unspecified atom stereocenters. The molecule has 2 heteroatoms. The van der Waals surface area contributed by atoms with E-state index >= 15 is 0 Å². The van der Waals surface area contributed by atoms with Gasteiger partial charge in [-0.1, -0.05) is 19.3 Å². The molecule has 0 amide bonds. The van der Waals surface area contributed by atoms with Gasteiger partial charge in [0, 0.05) is 0 Å². The van der Waals surface area contributed by atoms with Gasteiger partial charge in [-0.15, -0.1) is 0 Å². The summed E-state index contributed by atoms with van der Waals surface area (Å²) in [6.45, 7) is 3.99. The fraction of sp³-hybridized carbons (Fsp3) is 1.00. The largest absolute Gasteiger partial charge is 0.303 e. The van der Waals surface area contributed by atoms with Crippen molar-refractivity contribution in [1.82, 2.24) is 4.90 Å². The molecule has 78 valence electrons. The van der Waals surface area contributed by atoms with Gasteiger partial charge in [0.25, 0.3) is 0 Å². The van der Waals surface area contributed by atoms with Crippen molar-refractivity contribution >= 4 is 12.6 Å². The smallest absolute Gasteiger partial charge is 0.00184 e. The lowest BCUT2D eigenvalue weighted by atomic mass is 10.1. The molecule has 1 aliphatic heterocycles. The summed E-state index contributed by atoms with van der Waals surface area (Å²) in [5, 5.41) is 0. The maximum Gasteiger partial charge on any atom is -0.00184 e. The van der Waals surface area contributed by atoms with Crippen LogP contribution in [0.15, 0.2) is 0 Å². The monoisotopic (exact) mass is 201 g/mol. The van der Waals surface area contributed by atoms with E-state index in [2.05, 4.69) is 17.5 Å². The Morgan fingerprint density at radius 3 is 2.08 bits per heavy atom. The molecular weight excluding hydrogens is 178 g/mol. The zero-order chi connectivity index (χ0) is 9.36. The van der Waals surface area contributed by atoms with E-state index in [0.717, 1.165) is 5.75 Å². The number of hydrogen-bond acceptors (Lipinski definition) is 2. The summed E-state index contributed by atoms with van der Waals surface area (Å²) in [6, 6.07) is 0. The zero-order valence-corrected chi connectivity index (χ0v) is 9.57. The molecule has 1 aliphatic rings. The van der Waals surface area contributed by atoms with E-state index in [1.165, 1.54) is 64.6 Å². The molecule has 0 aliphatic carbocycles. The van der Waals surface area contributed by atoms with Crippen molar-refractivity contribution in [2.75, 3.05) is 25.4 Å². The van der Waals surface area contributed by atoms with Gasteiger partial charge < -0.3 is 4.90 Å². The summed E-state index contributed by atoms with van der Waals surface area (Å²) in [5.41, 5.74) is 0. The number of hydrogen-bond donors (Lipinski definition) is 1. The van der Waals surface area contributed by atoms with Crippen LogP contribution in [0.2, 0.25) is 0 Å². The average Bonchev–Trinajstić information content (AvgIpc) is 2.08. The minimum atomic E-state index is 1.05. The van der Waals surface area contributed by atoms with Crippen LogP contribution in [-0.2, 0) is 0 Å². The molecule has 0 radical (unpaired) electrons. The number of rotatable bonds is 4. The molecular formula is C11H23NS. The van der Waals surface area contributed by atoms with Crippen LogP contribution in [0.4, 0.5) is 0 Å². The Hall–Kier alpha value is 0.310. The Morgan fingerprint density at radius 2 is 1.46 bits per heavy atom. The van der Waals surface area contributed by atoms with Crippen LogP contribution >= 0.6 is 12.6 Å². The number of thiol groups is 1. The third-order valence-corrected chi connectivity index (χ3v) is 3.15. The first-order valence-corrected chi connectivity index (χ1v) is 6.40. The van der Waals surface area contributed by atoms with Gasteiger partial charge in [0.2, 0.25) is 0 Å². The highest BCUT2D eigenvalue weighted by Gasteiger charge is 2.06. The van der Waals surface area contributed by atoms with Crippen LogP contribution < -0.4 is 0 Å². The molecule has 0 aromatic heterocycles. The van der Waals surface area contributed by atoms with Crippen LogP contribution in [-0.4, -0.2) is 30.3 Å². The Labute approximate surface area is 88.3 Å². The topological polar surface area (TPSA) is 3.24 Å².